The van der Waals surface area contributed by atoms with E-state index >= 15 is 0 Å². The fourth-order valence-electron chi connectivity index (χ4n) is 1.52. The van der Waals surface area contributed by atoms with E-state index in [9.17, 15) is 5.11 Å². The minimum Gasteiger partial charge on any atom is -0.388 e. The van der Waals surface area contributed by atoms with Crippen LogP contribution in [0.5, 0.6) is 0 Å². The van der Waals surface area contributed by atoms with Crippen molar-refractivity contribution in [1.82, 2.24) is 0 Å². The van der Waals surface area contributed by atoms with Gasteiger partial charge in [0.25, 0.3) is 0 Å². The van der Waals surface area contributed by atoms with Crippen molar-refractivity contribution in [2.75, 3.05) is 0 Å². The standard InChI is InChI=1S/C12H18OS/c1-3-5-6-7-11(13)12-10(4-2)8-9-14-12/h3,8-9,11,13H,1,4-7H2,2H3. The van der Waals surface area contributed by atoms with Gasteiger partial charge in [-0.05, 0) is 42.7 Å². The van der Waals surface area contributed by atoms with Crippen LogP contribution in [0.3, 0.4) is 0 Å². The van der Waals surface area contributed by atoms with Gasteiger partial charge in [-0.2, -0.15) is 0 Å². The van der Waals surface area contributed by atoms with Gasteiger partial charge in [0.2, 0.25) is 0 Å². The molecule has 0 aromatic carbocycles. The Bertz CT molecular complexity index is 278. The number of hydrogen-bond donors (Lipinski definition) is 1. The number of aliphatic hydroxyl groups is 1. The Morgan fingerprint density at radius 2 is 2.43 bits per heavy atom. The molecular weight excluding hydrogens is 192 g/mol. The monoisotopic (exact) mass is 210 g/mol. The zero-order valence-electron chi connectivity index (χ0n) is 8.70. The second kappa shape index (κ2) is 5.99. The van der Waals surface area contributed by atoms with E-state index < -0.39 is 0 Å². The van der Waals surface area contributed by atoms with E-state index in [-0.39, 0.29) is 6.10 Å². The normalized spacial score (nSPS) is 12.7. The Morgan fingerprint density at radius 1 is 1.64 bits per heavy atom. The van der Waals surface area contributed by atoms with Crippen LogP contribution in [0.1, 0.15) is 42.7 Å². The Balaban J connectivity index is 2.50. The Kier molecular flexibility index (Phi) is 4.91. The second-order valence-corrected chi connectivity index (χ2v) is 4.35. The van der Waals surface area contributed by atoms with Crippen LogP contribution in [0, 0.1) is 0 Å². The summed E-state index contributed by atoms with van der Waals surface area (Å²) < 4.78 is 0. The van der Waals surface area contributed by atoms with Gasteiger partial charge in [-0.1, -0.05) is 13.0 Å². The molecule has 0 amide bonds. The maximum absolute atomic E-state index is 9.92. The molecule has 0 fully saturated rings. The topological polar surface area (TPSA) is 20.2 Å². The van der Waals surface area contributed by atoms with Gasteiger partial charge in [0.05, 0.1) is 6.10 Å². The number of hydrogen-bond acceptors (Lipinski definition) is 2. The summed E-state index contributed by atoms with van der Waals surface area (Å²) in [5, 5.41) is 12.0. The van der Waals surface area contributed by atoms with Crippen molar-refractivity contribution in [2.24, 2.45) is 0 Å². The molecule has 1 aromatic heterocycles. The third kappa shape index (κ3) is 2.96. The summed E-state index contributed by atoms with van der Waals surface area (Å²) in [6, 6.07) is 2.11. The highest BCUT2D eigenvalue weighted by atomic mass is 32.1. The average molecular weight is 210 g/mol. The fraction of sp³-hybridized carbons (Fsp3) is 0.500. The second-order valence-electron chi connectivity index (χ2n) is 3.40. The molecule has 1 rings (SSSR count). The summed E-state index contributed by atoms with van der Waals surface area (Å²) in [6.07, 6.45) is 5.50. The molecule has 0 aliphatic carbocycles. The minimum absolute atomic E-state index is 0.273. The van der Waals surface area contributed by atoms with Gasteiger partial charge >= 0.3 is 0 Å². The van der Waals surface area contributed by atoms with Gasteiger partial charge in [-0.3, -0.25) is 0 Å². The van der Waals surface area contributed by atoms with Crippen molar-refractivity contribution in [3.63, 3.8) is 0 Å². The first-order valence-corrected chi connectivity index (χ1v) is 6.02. The lowest BCUT2D eigenvalue weighted by molar-refractivity contribution is 0.168. The van der Waals surface area contributed by atoms with Crippen LogP contribution in [0.15, 0.2) is 24.1 Å². The van der Waals surface area contributed by atoms with Gasteiger partial charge < -0.3 is 5.11 Å². The number of allylic oxidation sites excluding steroid dienone is 1. The first kappa shape index (κ1) is 11.5. The molecule has 1 N–H and O–H groups in total. The van der Waals surface area contributed by atoms with E-state index in [0.29, 0.717) is 0 Å². The molecule has 0 aliphatic heterocycles. The SMILES string of the molecule is C=CCCCC(O)c1sccc1CC. The summed E-state index contributed by atoms with van der Waals surface area (Å²) >= 11 is 1.66. The summed E-state index contributed by atoms with van der Waals surface area (Å²) in [7, 11) is 0. The Labute approximate surface area is 90.1 Å². The third-order valence-electron chi connectivity index (χ3n) is 2.35. The molecular formula is C12H18OS. The average Bonchev–Trinajstić information content (AvgIpc) is 2.65. The quantitative estimate of drug-likeness (QED) is 0.560. The van der Waals surface area contributed by atoms with Gasteiger partial charge in [0, 0.05) is 4.88 Å². The molecule has 0 saturated heterocycles. The van der Waals surface area contributed by atoms with Crippen LogP contribution in [-0.4, -0.2) is 5.11 Å². The lowest BCUT2D eigenvalue weighted by atomic mass is 10.1. The molecule has 1 unspecified atom stereocenters. The maximum Gasteiger partial charge on any atom is 0.0884 e. The van der Waals surface area contributed by atoms with E-state index in [1.54, 1.807) is 11.3 Å². The molecule has 78 valence electrons. The van der Waals surface area contributed by atoms with E-state index in [1.165, 1.54) is 5.56 Å². The molecule has 1 heterocycles. The third-order valence-corrected chi connectivity index (χ3v) is 3.41. The van der Waals surface area contributed by atoms with Crippen molar-refractivity contribution < 1.29 is 5.11 Å². The van der Waals surface area contributed by atoms with Crippen molar-refractivity contribution in [3.8, 4) is 0 Å². The summed E-state index contributed by atoms with van der Waals surface area (Å²) in [5.41, 5.74) is 1.29. The highest BCUT2D eigenvalue weighted by molar-refractivity contribution is 7.10. The van der Waals surface area contributed by atoms with E-state index in [2.05, 4.69) is 24.9 Å². The molecule has 0 saturated carbocycles. The number of unbranched alkanes of at least 4 members (excludes halogenated alkanes) is 1. The van der Waals surface area contributed by atoms with Crippen molar-refractivity contribution in [2.45, 2.75) is 38.7 Å². The van der Waals surface area contributed by atoms with Crippen LogP contribution >= 0.6 is 11.3 Å². The summed E-state index contributed by atoms with van der Waals surface area (Å²) in [5.74, 6) is 0. The van der Waals surface area contributed by atoms with Crippen molar-refractivity contribution in [1.29, 1.82) is 0 Å². The number of thiophene rings is 1. The Hall–Kier alpha value is -0.600. The zero-order valence-corrected chi connectivity index (χ0v) is 9.52. The molecule has 0 bridgehead atoms. The van der Waals surface area contributed by atoms with Gasteiger partial charge in [0.15, 0.2) is 0 Å². The van der Waals surface area contributed by atoms with E-state index in [0.717, 1.165) is 30.6 Å². The van der Waals surface area contributed by atoms with Crippen LogP contribution in [0.4, 0.5) is 0 Å². The molecule has 1 nitrogen and oxygen atoms in total. The number of rotatable bonds is 6. The first-order chi connectivity index (χ1) is 6.79. The smallest absolute Gasteiger partial charge is 0.0884 e. The highest BCUT2D eigenvalue weighted by Crippen LogP contribution is 2.28. The van der Waals surface area contributed by atoms with Crippen molar-refractivity contribution in [3.05, 3.63) is 34.5 Å². The molecule has 1 atom stereocenters. The lowest BCUT2D eigenvalue weighted by Gasteiger charge is -2.09. The number of aliphatic hydroxyl groups excluding tert-OH is 1. The molecule has 0 radical (unpaired) electrons. The summed E-state index contributed by atoms with van der Waals surface area (Å²) in [6.45, 7) is 5.80. The Morgan fingerprint density at radius 3 is 3.07 bits per heavy atom. The minimum atomic E-state index is -0.273. The molecule has 14 heavy (non-hydrogen) atoms. The molecule has 0 spiro atoms. The van der Waals surface area contributed by atoms with Crippen LogP contribution in [0.25, 0.3) is 0 Å². The van der Waals surface area contributed by atoms with Crippen LogP contribution in [-0.2, 0) is 6.42 Å². The number of aryl methyl sites for hydroxylation is 1. The largest absolute Gasteiger partial charge is 0.388 e. The lowest BCUT2D eigenvalue weighted by Crippen LogP contribution is -1.97. The van der Waals surface area contributed by atoms with Crippen molar-refractivity contribution >= 4 is 11.3 Å². The van der Waals surface area contributed by atoms with Crippen LogP contribution in [0.2, 0.25) is 0 Å². The van der Waals surface area contributed by atoms with E-state index in [4.69, 9.17) is 0 Å². The highest BCUT2D eigenvalue weighted by Gasteiger charge is 2.11. The van der Waals surface area contributed by atoms with Crippen LogP contribution < -0.4 is 0 Å². The van der Waals surface area contributed by atoms with Gasteiger partial charge in [-0.15, -0.1) is 17.9 Å². The van der Waals surface area contributed by atoms with Gasteiger partial charge in [0.1, 0.15) is 0 Å². The summed E-state index contributed by atoms with van der Waals surface area (Å²) in [4.78, 5) is 1.15. The molecule has 1 aromatic rings. The zero-order chi connectivity index (χ0) is 10.4. The predicted molar refractivity (Wildman–Crippen MR) is 62.7 cm³/mol. The molecule has 0 aliphatic rings. The van der Waals surface area contributed by atoms with Gasteiger partial charge in [-0.25, -0.2) is 0 Å². The first-order valence-electron chi connectivity index (χ1n) is 5.14. The predicted octanol–water partition coefficient (Wildman–Crippen LogP) is 3.70. The maximum atomic E-state index is 9.92. The molecule has 2 heteroatoms. The fourth-order valence-corrected chi connectivity index (χ4v) is 2.54. The van der Waals surface area contributed by atoms with E-state index in [1.807, 2.05) is 6.08 Å².